The zero-order valence-corrected chi connectivity index (χ0v) is 13.4. The van der Waals surface area contributed by atoms with Crippen molar-refractivity contribution in [1.29, 1.82) is 0 Å². The summed E-state index contributed by atoms with van der Waals surface area (Å²) in [5, 5.41) is 18.4. The first-order chi connectivity index (χ1) is 10.7. The Morgan fingerprint density at radius 3 is 2.95 bits per heavy atom. The van der Waals surface area contributed by atoms with E-state index in [1.165, 1.54) is 11.3 Å². The van der Waals surface area contributed by atoms with Gasteiger partial charge in [0, 0.05) is 6.07 Å². The summed E-state index contributed by atoms with van der Waals surface area (Å²) in [6.45, 7) is 2.07. The number of nitrogens with one attached hydrogen (secondary N) is 1. The monoisotopic (exact) mass is 334 g/mol. The highest BCUT2D eigenvalue weighted by Crippen LogP contribution is 2.26. The van der Waals surface area contributed by atoms with Crippen LogP contribution in [0, 0.1) is 6.92 Å². The SMILES string of the molecule is Cc1ncsc1C(=O)Nc1cc(-c2cccs2)nn1CCO. The number of aliphatic hydroxyl groups is 1. The minimum absolute atomic E-state index is 0.0476. The third kappa shape index (κ3) is 2.94. The van der Waals surface area contributed by atoms with Gasteiger partial charge in [0.15, 0.2) is 0 Å². The van der Waals surface area contributed by atoms with Gasteiger partial charge in [0.25, 0.3) is 5.91 Å². The second kappa shape index (κ2) is 6.39. The first-order valence-electron chi connectivity index (χ1n) is 6.63. The van der Waals surface area contributed by atoms with E-state index in [-0.39, 0.29) is 12.5 Å². The zero-order chi connectivity index (χ0) is 15.5. The molecule has 0 fully saturated rings. The van der Waals surface area contributed by atoms with Crippen molar-refractivity contribution < 1.29 is 9.90 Å². The molecule has 3 rings (SSSR count). The van der Waals surface area contributed by atoms with Crippen molar-refractivity contribution in [3.05, 3.63) is 39.7 Å². The number of hydrogen-bond donors (Lipinski definition) is 2. The topological polar surface area (TPSA) is 80.0 Å². The highest BCUT2D eigenvalue weighted by Gasteiger charge is 2.16. The summed E-state index contributed by atoms with van der Waals surface area (Å²) >= 11 is 2.88. The Morgan fingerprint density at radius 2 is 2.32 bits per heavy atom. The molecule has 114 valence electrons. The van der Waals surface area contributed by atoms with E-state index in [9.17, 15) is 4.79 Å². The molecule has 0 atom stereocenters. The summed E-state index contributed by atoms with van der Waals surface area (Å²) in [6, 6.07) is 5.73. The maximum absolute atomic E-state index is 12.3. The Balaban J connectivity index is 1.89. The van der Waals surface area contributed by atoms with Crippen LogP contribution in [-0.2, 0) is 6.54 Å². The summed E-state index contributed by atoms with van der Waals surface area (Å²) in [7, 11) is 0. The van der Waals surface area contributed by atoms with Gasteiger partial charge in [-0.25, -0.2) is 9.67 Å². The van der Waals surface area contributed by atoms with Crippen LogP contribution in [0.1, 0.15) is 15.4 Å². The molecule has 8 heteroatoms. The molecule has 3 heterocycles. The van der Waals surface area contributed by atoms with Crippen LogP contribution in [0.25, 0.3) is 10.6 Å². The van der Waals surface area contributed by atoms with Crippen LogP contribution in [0.4, 0.5) is 5.82 Å². The van der Waals surface area contributed by atoms with Gasteiger partial charge in [0.05, 0.1) is 29.2 Å². The van der Waals surface area contributed by atoms with Crippen LogP contribution >= 0.6 is 22.7 Å². The van der Waals surface area contributed by atoms with E-state index in [1.54, 1.807) is 28.5 Å². The second-order valence-electron chi connectivity index (χ2n) is 4.56. The van der Waals surface area contributed by atoms with Crippen LogP contribution in [0.3, 0.4) is 0 Å². The smallest absolute Gasteiger partial charge is 0.268 e. The molecule has 0 aliphatic heterocycles. The molecule has 22 heavy (non-hydrogen) atoms. The fourth-order valence-corrected chi connectivity index (χ4v) is 3.40. The Labute approximate surface area is 135 Å². The summed E-state index contributed by atoms with van der Waals surface area (Å²) in [6.07, 6.45) is 0. The first kappa shape index (κ1) is 14.9. The molecule has 0 aliphatic carbocycles. The Hall–Kier alpha value is -2.03. The predicted octanol–water partition coefficient (Wildman–Crippen LogP) is 2.62. The number of aromatic nitrogens is 3. The van der Waals surface area contributed by atoms with Gasteiger partial charge in [-0.1, -0.05) is 6.07 Å². The van der Waals surface area contributed by atoms with Gasteiger partial charge in [0.2, 0.25) is 0 Å². The summed E-state index contributed by atoms with van der Waals surface area (Å²) in [5.74, 6) is 0.354. The number of aliphatic hydroxyl groups excluding tert-OH is 1. The average Bonchev–Trinajstić information content (AvgIpc) is 3.20. The van der Waals surface area contributed by atoms with E-state index in [4.69, 9.17) is 5.11 Å². The fraction of sp³-hybridized carbons (Fsp3) is 0.214. The molecule has 1 amide bonds. The number of anilines is 1. The molecule has 3 aromatic rings. The molecule has 0 unspecified atom stereocenters. The number of hydrogen-bond acceptors (Lipinski definition) is 6. The van der Waals surface area contributed by atoms with Gasteiger partial charge in [-0.3, -0.25) is 4.79 Å². The molecule has 6 nitrogen and oxygen atoms in total. The number of amides is 1. The molecule has 2 N–H and O–H groups in total. The average molecular weight is 334 g/mol. The highest BCUT2D eigenvalue weighted by molar-refractivity contribution is 7.13. The number of carbonyl (C=O) groups excluding carboxylic acids is 1. The molecule has 0 saturated heterocycles. The van der Waals surface area contributed by atoms with Crippen LogP contribution in [-0.4, -0.2) is 32.4 Å². The molecular formula is C14H14N4O2S2. The predicted molar refractivity (Wildman–Crippen MR) is 87.4 cm³/mol. The normalized spacial score (nSPS) is 10.8. The third-order valence-electron chi connectivity index (χ3n) is 3.06. The molecule has 0 aromatic carbocycles. The van der Waals surface area contributed by atoms with Crippen molar-refractivity contribution in [1.82, 2.24) is 14.8 Å². The van der Waals surface area contributed by atoms with Crippen molar-refractivity contribution in [2.45, 2.75) is 13.5 Å². The molecule has 0 bridgehead atoms. The van der Waals surface area contributed by atoms with E-state index < -0.39 is 0 Å². The number of aryl methyl sites for hydroxylation is 1. The van der Waals surface area contributed by atoms with Crippen LogP contribution in [0.5, 0.6) is 0 Å². The standard InChI is InChI=1S/C14H14N4O2S2/c1-9-13(22-8-15-9)14(20)16-12-7-10(11-3-2-6-21-11)17-18(12)4-5-19/h2-3,6-8,19H,4-5H2,1H3,(H,16,20). The highest BCUT2D eigenvalue weighted by atomic mass is 32.1. The number of thiophene rings is 1. The molecule has 0 aliphatic rings. The summed E-state index contributed by atoms with van der Waals surface area (Å²) in [4.78, 5) is 18.0. The number of rotatable bonds is 5. The van der Waals surface area contributed by atoms with Crippen molar-refractivity contribution in [3.63, 3.8) is 0 Å². The molecule has 3 aromatic heterocycles. The van der Waals surface area contributed by atoms with Crippen molar-refractivity contribution in [2.24, 2.45) is 0 Å². The van der Waals surface area contributed by atoms with Gasteiger partial charge in [-0.15, -0.1) is 22.7 Å². The quantitative estimate of drug-likeness (QED) is 0.752. The van der Waals surface area contributed by atoms with E-state index in [0.29, 0.717) is 22.9 Å². The van der Waals surface area contributed by atoms with Gasteiger partial charge < -0.3 is 10.4 Å². The van der Waals surface area contributed by atoms with E-state index >= 15 is 0 Å². The molecular weight excluding hydrogens is 320 g/mol. The molecule has 0 spiro atoms. The number of carbonyl (C=O) groups is 1. The van der Waals surface area contributed by atoms with Gasteiger partial charge in [0.1, 0.15) is 16.4 Å². The molecule has 0 saturated carbocycles. The lowest BCUT2D eigenvalue weighted by Gasteiger charge is -2.06. The number of thiazole rings is 1. The maximum Gasteiger partial charge on any atom is 0.268 e. The third-order valence-corrected chi connectivity index (χ3v) is 4.88. The van der Waals surface area contributed by atoms with Crippen LogP contribution in [0.15, 0.2) is 29.1 Å². The van der Waals surface area contributed by atoms with E-state index in [2.05, 4.69) is 15.4 Å². The minimum atomic E-state index is -0.211. The second-order valence-corrected chi connectivity index (χ2v) is 6.36. The Kier molecular flexibility index (Phi) is 4.32. The summed E-state index contributed by atoms with van der Waals surface area (Å²) < 4.78 is 1.60. The first-order valence-corrected chi connectivity index (χ1v) is 8.39. The lowest BCUT2D eigenvalue weighted by Crippen LogP contribution is -2.16. The van der Waals surface area contributed by atoms with Crippen LogP contribution < -0.4 is 5.32 Å². The lowest BCUT2D eigenvalue weighted by atomic mass is 10.3. The Bertz CT molecular complexity index is 777. The Morgan fingerprint density at radius 1 is 1.45 bits per heavy atom. The number of nitrogens with zero attached hydrogens (tertiary/aromatic N) is 3. The van der Waals surface area contributed by atoms with Gasteiger partial charge >= 0.3 is 0 Å². The largest absolute Gasteiger partial charge is 0.394 e. The summed E-state index contributed by atoms with van der Waals surface area (Å²) in [5.41, 5.74) is 3.13. The van der Waals surface area contributed by atoms with Crippen LogP contribution in [0.2, 0.25) is 0 Å². The van der Waals surface area contributed by atoms with Crippen molar-refractivity contribution >= 4 is 34.4 Å². The maximum atomic E-state index is 12.3. The lowest BCUT2D eigenvalue weighted by molar-refractivity contribution is 0.102. The fourth-order valence-electron chi connectivity index (χ4n) is 2.02. The van der Waals surface area contributed by atoms with Gasteiger partial charge in [-0.2, -0.15) is 5.10 Å². The van der Waals surface area contributed by atoms with E-state index in [1.807, 2.05) is 23.6 Å². The zero-order valence-electron chi connectivity index (χ0n) is 11.8. The van der Waals surface area contributed by atoms with Gasteiger partial charge in [-0.05, 0) is 18.4 Å². The van der Waals surface area contributed by atoms with Crippen molar-refractivity contribution in [3.8, 4) is 10.6 Å². The van der Waals surface area contributed by atoms with Crippen molar-refractivity contribution in [2.75, 3.05) is 11.9 Å². The molecule has 0 radical (unpaired) electrons. The van der Waals surface area contributed by atoms with E-state index in [0.717, 1.165) is 10.6 Å². The minimum Gasteiger partial charge on any atom is -0.394 e.